The molecule has 2 heteroatoms. The van der Waals surface area contributed by atoms with Crippen LogP contribution in [0.2, 0.25) is 0 Å². The van der Waals surface area contributed by atoms with Crippen LogP contribution in [-0.2, 0) is 19.4 Å². The number of hydrogen-bond donors (Lipinski definition) is 0. The lowest BCUT2D eigenvalue weighted by Crippen LogP contribution is -2.06. The van der Waals surface area contributed by atoms with Gasteiger partial charge in [0.2, 0.25) is 0 Å². The molecule has 0 radical (unpaired) electrons. The Bertz CT molecular complexity index is 313. The zero-order valence-electron chi connectivity index (χ0n) is 9.03. The van der Waals surface area contributed by atoms with Crippen LogP contribution >= 0.6 is 0 Å². The Labute approximate surface area is 85.6 Å². The molecule has 0 amide bonds. The fourth-order valence-corrected chi connectivity index (χ4v) is 2.08. The molecule has 2 nitrogen and oxygen atoms in total. The molecule has 1 aromatic heterocycles. The van der Waals surface area contributed by atoms with Crippen LogP contribution in [0, 0.1) is 11.8 Å². The average Bonchev–Trinajstić information content (AvgIpc) is 2.59. The van der Waals surface area contributed by atoms with Crippen molar-refractivity contribution in [2.24, 2.45) is 11.8 Å². The van der Waals surface area contributed by atoms with Crippen LogP contribution in [0.5, 0.6) is 0 Å². The second kappa shape index (κ2) is 3.60. The van der Waals surface area contributed by atoms with E-state index in [1.807, 2.05) is 0 Å². The Morgan fingerprint density at radius 1 is 1.64 bits per heavy atom. The Morgan fingerprint density at radius 2 is 2.43 bits per heavy atom. The van der Waals surface area contributed by atoms with Crippen LogP contribution in [0.15, 0.2) is 18.9 Å². The van der Waals surface area contributed by atoms with Gasteiger partial charge in [-0.25, -0.2) is 0 Å². The Hall–Kier alpha value is -1.05. The third kappa shape index (κ3) is 1.74. The van der Waals surface area contributed by atoms with Crippen LogP contribution in [0.4, 0.5) is 0 Å². The summed E-state index contributed by atoms with van der Waals surface area (Å²) in [6, 6.07) is 0. The second-order valence-corrected chi connectivity index (χ2v) is 4.62. The van der Waals surface area contributed by atoms with E-state index in [0.717, 1.165) is 19.4 Å². The van der Waals surface area contributed by atoms with Crippen molar-refractivity contribution in [1.82, 2.24) is 9.78 Å². The number of fused-ring (bicyclic) bond motifs is 1. The van der Waals surface area contributed by atoms with Crippen molar-refractivity contribution in [3.8, 4) is 0 Å². The van der Waals surface area contributed by atoms with Gasteiger partial charge in [-0.3, -0.25) is 4.68 Å². The van der Waals surface area contributed by atoms with Crippen molar-refractivity contribution in [2.75, 3.05) is 0 Å². The van der Waals surface area contributed by atoms with Gasteiger partial charge < -0.3 is 0 Å². The van der Waals surface area contributed by atoms with Gasteiger partial charge in [0.1, 0.15) is 0 Å². The normalized spacial score (nSPS) is 20.1. The molecule has 0 spiro atoms. The molecule has 0 saturated heterocycles. The van der Waals surface area contributed by atoms with Crippen LogP contribution in [0.25, 0.3) is 0 Å². The molecule has 0 bridgehead atoms. The summed E-state index contributed by atoms with van der Waals surface area (Å²) in [5.74, 6) is 1.30. The molecular formula is C12H18N2. The topological polar surface area (TPSA) is 17.8 Å². The Kier molecular flexibility index (Phi) is 2.44. The van der Waals surface area contributed by atoms with Crippen molar-refractivity contribution in [3.63, 3.8) is 0 Å². The minimum Gasteiger partial charge on any atom is -0.272 e. The molecule has 0 unspecified atom stereocenters. The Morgan fingerprint density at radius 3 is 3.00 bits per heavy atom. The maximum atomic E-state index is 4.60. The molecule has 0 saturated carbocycles. The summed E-state index contributed by atoms with van der Waals surface area (Å²) in [5, 5.41) is 4.60. The third-order valence-corrected chi connectivity index (χ3v) is 2.75. The lowest BCUT2D eigenvalue weighted by atomic mass is 10.1. The summed E-state index contributed by atoms with van der Waals surface area (Å²) in [7, 11) is 0. The number of hydrogen-bond acceptors (Lipinski definition) is 1. The molecule has 1 aliphatic carbocycles. The van der Waals surface area contributed by atoms with Crippen molar-refractivity contribution >= 4 is 0 Å². The molecule has 1 aliphatic rings. The van der Waals surface area contributed by atoms with Gasteiger partial charge >= 0.3 is 0 Å². The van der Waals surface area contributed by atoms with Crippen LogP contribution in [0.1, 0.15) is 25.1 Å². The van der Waals surface area contributed by atoms with Crippen molar-refractivity contribution in [2.45, 2.75) is 33.2 Å². The summed E-state index contributed by atoms with van der Waals surface area (Å²) in [6.45, 7) is 9.32. The van der Waals surface area contributed by atoms with E-state index in [1.54, 1.807) is 0 Å². The highest BCUT2D eigenvalue weighted by Crippen LogP contribution is 2.26. The van der Waals surface area contributed by atoms with Gasteiger partial charge in [-0.15, -0.1) is 6.58 Å². The first kappa shape index (κ1) is 9.50. The Balaban J connectivity index is 2.10. The fraction of sp³-hybridized carbons (Fsp3) is 0.583. The van der Waals surface area contributed by atoms with Gasteiger partial charge in [-0.05, 0) is 30.2 Å². The average molecular weight is 190 g/mol. The first-order valence-electron chi connectivity index (χ1n) is 5.36. The molecule has 14 heavy (non-hydrogen) atoms. The van der Waals surface area contributed by atoms with Crippen LogP contribution < -0.4 is 0 Å². The van der Waals surface area contributed by atoms with Gasteiger partial charge in [0.15, 0.2) is 0 Å². The molecule has 0 fully saturated rings. The van der Waals surface area contributed by atoms with Gasteiger partial charge in [-0.2, -0.15) is 5.10 Å². The summed E-state index contributed by atoms with van der Waals surface area (Å²) >= 11 is 0. The lowest BCUT2D eigenvalue weighted by Gasteiger charge is -2.05. The van der Waals surface area contributed by atoms with Gasteiger partial charge in [0.25, 0.3) is 0 Å². The zero-order chi connectivity index (χ0) is 10.1. The second-order valence-electron chi connectivity index (χ2n) is 4.62. The monoisotopic (exact) mass is 190 g/mol. The highest BCUT2D eigenvalue weighted by molar-refractivity contribution is 5.25. The first-order chi connectivity index (χ1) is 6.69. The largest absolute Gasteiger partial charge is 0.272 e. The number of allylic oxidation sites excluding steroid dienone is 1. The van der Waals surface area contributed by atoms with Gasteiger partial charge in [0, 0.05) is 12.7 Å². The minimum atomic E-state index is 0.626. The first-order valence-corrected chi connectivity index (χ1v) is 5.36. The van der Waals surface area contributed by atoms with Crippen molar-refractivity contribution in [3.05, 3.63) is 30.1 Å². The quantitative estimate of drug-likeness (QED) is 0.669. The number of nitrogens with zero attached hydrogens (tertiary/aromatic N) is 2. The van der Waals surface area contributed by atoms with Crippen LogP contribution in [-0.4, -0.2) is 9.78 Å². The summed E-state index contributed by atoms with van der Waals surface area (Å²) in [6.07, 6.45) is 6.48. The molecular weight excluding hydrogens is 172 g/mol. The number of aromatic nitrogens is 2. The lowest BCUT2D eigenvalue weighted by molar-refractivity contribution is 0.475. The molecule has 1 heterocycles. The van der Waals surface area contributed by atoms with Gasteiger partial charge in [0.05, 0.1) is 5.69 Å². The third-order valence-electron chi connectivity index (χ3n) is 2.75. The van der Waals surface area contributed by atoms with Gasteiger partial charge in [-0.1, -0.05) is 19.9 Å². The summed E-state index contributed by atoms with van der Waals surface area (Å²) in [4.78, 5) is 0. The molecule has 0 N–H and O–H groups in total. The molecule has 1 aromatic rings. The fourth-order valence-electron chi connectivity index (χ4n) is 2.08. The smallest absolute Gasteiger partial charge is 0.0662 e. The predicted molar refractivity (Wildman–Crippen MR) is 58.2 cm³/mol. The van der Waals surface area contributed by atoms with E-state index >= 15 is 0 Å². The van der Waals surface area contributed by atoms with E-state index in [0.29, 0.717) is 11.8 Å². The molecule has 0 aromatic carbocycles. The van der Waals surface area contributed by atoms with E-state index < -0.39 is 0 Å². The van der Waals surface area contributed by atoms with Crippen molar-refractivity contribution in [1.29, 1.82) is 0 Å². The molecule has 76 valence electrons. The minimum absolute atomic E-state index is 0.626. The predicted octanol–water partition coefficient (Wildman–Crippen LogP) is 2.44. The molecule has 0 aliphatic heterocycles. The number of rotatable bonds is 3. The van der Waals surface area contributed by atoms with E-state index in [-0.39, 0.29) is 0 Å². The standard InChI is InChI=1S/C12H18N2/c1-4-10-5-11-8-14(7-9(2)3)13-12(11)6-10/h4,8-10H,1,5-7H2,2-3H3/t10-/m0/s1. The summed E-state index contributed by atoms with van der Waals surface area (Å²) in [5.41, 5.74) is 2.71. The molecule has 1 atom stereocenters. The zero-order valence-corrected chi connectivity index (χ0v) is 9.03. The highest BCUT2D eigenvalue weighted by Gasteiger charge is 2.22. The van der Waals surface area contributed by atoms with E-state index in [9.17, 15) is 0 Å². The highest BCUT2D eigenvalue weighted by atomic mass is 15.3. The van der Waals surface area contributed by atoms with E-state index in [4.69, 9.17) is 0 Å². The van der Waals surface area contributed by atoms with E-state index in [2.05, 4.69) is 42.5 Å². The summed E-state index contributed by atoms with van der Waals surface area (Å²) < 4.78 is 2.09. The van der Waals surface area contributed by atoms with Crippen molar-refractivity contribution < 1.29 is 0 Å². The maximum Gasteiger partial charge on any atom is 0.0662 e. The van der Waals surface area contributed by atoms with Crippen LogP contribution in [0.3, 0.4) is 0 Å². The molecule has 2 rings (SSSR count). The maximum absolute atomic E-state index is 4.60. The van der Waals surface area contributed by atoms with E-state index in [1.165, 1.54) is 11.3 Å². The SMILES string of the molecule is C=C[C@H]1Cc2cn(CC(C)C)nc2C1.